The Labute approximate surface area is 145 Å². The fourth-order valence-corrected chi connectivity index (χ4v) is 3.68. The highest BCUT2D eigenvalue weighted by atomic mass is 79.9. The Morgan fingerprint density at radius 2 is 1.78 bits per heavy atom. The summed E-state index contributed by atoms with van der Waals surface area (Å²) in [7, 11) is 0. The second-order valence-electron chi connectivity index (χ2n) is 4.93. The lowest BCUT2D eigenvalue weighted by Crippen LogP contribution is -1.89. The fourth-order valence-electron chi connectivity index (χ4n) is 2.30. The van der Waals surface area contributed by atoms with Crippen LogP contribution >= 0.6 is 27.3 Å². The molecule has 4 rings (SSSR count). The van der Waals surface area contributed by atoms with Gasteiger partial charge in [-0.3, -0.25) is 0 Å². The number of nitrogens with zero attached hydrogens (tertiary/aromatic N) is 2. The first kappa shape index (κ1) is 14.4. The lowest BCUT2D eigenvalue weighted by atomic mass is 10.2. The summed E-state index contributed by atoms with van der Waals surface area (Å²) in [5, 5.41) is 0.927. The first-order chi connectivity index (χ1) is 11.3. The van der Waals surface area contributed by atoms with Gasteiger partial charge in [-0.25, -0.2) is 9.97 Å². The Morgan fingerprint density at radius 1 is 0.913 bits per heavy atom. The molecule has 23 heavy (non-hydrogen) atoms. The summed E-state index contributed by atoms with van der Waals surface area (Å²) in [6.45, 7) is 0. The zero-order valence-electron chi connectivity index (χ0n) is 11.9. The molecule has 0 bridgehead atoms. The van der Waals surface area contributed by atoms with Gasteiger partial charge in [0.1, 0.15) is 16.9 Å². The Bertz CT molecular complexity index is 969. The third-order valence-corrected chi connectivity index (χ3v) is 4.95. The van der Waals surface area contributed by atoms with Gasteiger partial charge < -0.3 is 4.74 Å². The van der Waals surface area contributed by atoms with Gasteiger partial charge in [0.2, 0.25) is 5.88 Å². The van der Waals surface area contributed by atoms with Crippen LogP contribution in [0.4, 0.5) is 0 Å². The van der Waals surface area contributed by atoms with Crippen molar-refractivity contribution in [3.8, 4) is 22.1 Å². The molecule has 0 aliphatic carbocycles. The number of fused-ring (bicyclic) bond motifs is 1. The van der Waals surface area contributed by atoms with Gasteiger partial charge in [0.05, 0.1) is 5.39 Å². The summed E-state index contributed by atoms with van der Waals surface area (Å²) < 4.78 is 6.92. The zero-order valence-corrected chi connectivity index (χ0v) is 14.3. The topological polar surface area (TPSA) is 35.0 Å². The van der Waals surface area contributed by atoms with Crippen molar-refractivity contribution in [2.24, 2.45) is 0 Å². The van der Waals surface area contributed by atoms with Crippen LogP contribution in [0.5, 0.6) is 11.6 Å². The van der Waals surface area contributed by atoms with E-state index in [1.54, 1.807) is 17.7 Å². The van der Waals surface area contributed by atoms with Crippen molar-refractivity contribution in [1.82, 2.24) is 9.97 Å². The van der Waals surface area contributed by atoms with Crippen LogP contribution in [0, 0.1) is 0 Å². The molecule has 0 aliphatic heterocycles. The lowest BCUT2D eigenvalue weighted by molar-refractivity contribution is 0.468. The average Bonchev–Trinajstić information content (AvgIpc) is 3.01. The van der Waals surface area contributed by atoms with Gasteiger partial charge in [-0.05, 0) is 29.8 Å². The van der Waals surface area contributed by atoms with E-state index in [0.29, 0.717) is 5.88 Å². The number of aromatic nitrogens is 2. The quantitative estimate of drug-likeness (QED) is 0.441. The second-order valence-corrected chi connectivity index (χ2v) is 6.88. The van der Waals surface area contributed by atoms with Gasteiger partial charge in [-0.2, -0.15) is 0 Å². The van der Waals surface area contributed by atoms with E-state index in [2.05, 4.69) is 44.1 Å². The predicted molar refractivity (Wildman–Crippen MR) is 97.1 cm³/mol. The predicted octanol–water partition coefficient (Wildman–Crippen LogP) is 5.91. The number of halogens is 1. The number of benzene rings is 2. The molecule has 0 amide bonds. The van der Waals surface area contributed by atoms with Crippen molar-refractivity contribution >= 4 is 37.5 Å². The minimum Gasteiger partial charge on any atom is -0.438 e. The van der Waals surface area contributed by atoms with E-state index < -0.39 is 0 Å². The van der Waals surface area contributed by atoms with Crippen molar-refractivity contribution in [1.29, 1.82) is 0 Å². The highest BCUT2D eigenvalue weighted by Crippen LogP contribution is 2.37. The van der Waals surface area contributed by atoms with Crippen LogP contribution < -0.4 is 4.74 Å². The molecule has 2 heterocycles. The van der Waals surface area contributed by atoms with Crippen LogP contribution in [-0.2, 0) is 0 Å². The molecule has 0 radical (unpaired) electrons. The van der Waals surface area contributed by atoms with E-state index in [-0.39, 0.29) is 0 Å². The van der Waals surface area contributed by atoms with E-state index in [9.17, 15) is 0 Å². The summed E-state index contributed by atoms with van der Waals surface area (Å²) in [5.41, 5.74) is 1.17. The first-order valence-corrected chi connectivity index (χ1v) is 8.64. The number of rotatable bonds is 3. The summed E-state index contributed by atoms with van der Waals surface area (Å²) in [4.78, 5) is 10.7. The molecule has 2 aromatic carbocycles. The molecule has 3 nitrogen and oxygen atoms in total. The van der Waals surface area contributed by atoms with E-state index in [1.165, 1.54) is 5.56 Å². The summed E-state index contributed by atoms with van der Waals surface area (Å²) in [6, 6.07) is 20.1. The van der Waals surface area contributed by atoms with Crippen molar-refractivity contribution < 1.29 is 4.74 Å². The Morgan fingerprint density at radius 3 is 2.61 bits per heavy atom. The molecule has 0 N–H and O–H groups in total. The molecule has 0 aliphatic rings. The van der Waals surface area contributed by atoms with Crippen LogP contribution in [0.15, 0.2) is 71.5 Å². The Balaban J connectivity index is 1.77. The highest BCUT2D eigenvalue weighted by molar-refractivity contribution is 9.10. The highest BCUT2D eigenvalue weighted by Gasteiger charge is 2.11. The Kier molecular flexibility index (Phi) is 3.81. The summed E-state index contributed by atoms with van der Waals surface area (Å²) in [5.74, 6) is 1.32. The van der Waals surface area contributed by atoms with Crippen LogP contribution in [0.2, 0.25) is 0 Å². The monoisotopic (exact) mass is 382 g/mol. The third kappa shape index (κ3) is 2.98. The first-order valence-electron chi connectivity index (χ1n) is 7.03. The maximum absolute atomic E-state index is 5.95. The molecular formula is C18H11BrN2OS. The van der Waals surface area contributed by atoms with Gasteiger partial charge in [-0.15, -0.1) is 11.3 Å². The largest absolute Gasteiger partial charge is 0.438 e. The van der Waals surface area contributed by atoms with Crippen LogP contribution in [0.3, 0.4) is 0 Å². The van der Waals surface area contributed by atoms with E-state index in [1.807, 2.05) is 42.5 Å². The van der Waals surface area contributed by atoms with Crippen molar-refractivity contribution in [3.63, 3.8) is 0 Å². The average molecular weight is 383 g/mol. The molecule has 0 fully saturated rings. The maximum atomic E-state index is 5.95. The smallest absolute Gasteiger partial charge is 0.231 e. The maximum Gasteiger partial charge on any atom is 0.231 e. The Hall–Kier alpha value is -2.24. The van der Waals surface area contributed by atoms with E-state index in [0.717, 1.165) is 25.3 Å². The number of hydrogen-bond donors (Lipinski definition) is 0. The number of hydrogen-bond acceptors (Lipinski definition) is 4. The minimum atomic E-state index is 0.575. The molecule has 4 aromatic rings. The molecule has 112 valence electrons. The minimum absolute atomic E-state index is 0.575. The van der Waals surface area contributed by atoms with Gasteiger partial charge in [0.25, 0.3) is 0 Å². The lowest BCUT2D eigenvalue weighted by Gasteiger charge is -2.05. The van der Waals surface area contributed by atoms with Crippen LogP contribution in [0.25, 0.3) is 20.7 Å². The van der Waals surface area contributed by atoms with Gasteiger partial charge >= 0.3 is 0 Å². The van der Waals surface area contributed by atoms with Crippen molar-refractivity contribution in [3.05, 3.63) is 71.5 Å². The molecule has 0 atom stereocenters. The van der Waals surface area contributed by atoms with E-state index in [4.69, 9.17) is 4.74 Å². The van der Waals surface area contributed by atoms with Gasteiger partial charge in [-0.1, -0.05) is 52.3 Å². The molecule has 0 saturated heterocycles. The van der Waals surface area contributed by atoms with Gasteiger partial charge in [0, 0.05) is 9.35 Å². The zero-order chi connectivity index (χ0) is 15.6. The van der Waals surface area contributed by atoms with E-state index >= 15 is 0 Å². The standard InChI is InChI=1S/C18H11BrN2OS/c19-13-7-4-8-14(9-13)22-17-15-10-16(12-5-2-1-3-6-12)23-18(15)21-11-20-17/h1-11H. The third-order valence-electron chi connectivity index (χ3n) is 3.36. The van der Waals surface area contributed by atoms with Gasteiger partial charge in [0.15, 0.2) is 0 Å². The molecule has 0 spiro atoms. The SMILES string of the molecule is Brc1cccc(Oc2ncnc3sc(-c4ccccc4)cc23)c1. The molecule has 5 heteroatoms. The molecule has 0 saturated carbocycles. The number of ether oxygens (including phenoxy) is 1. The van der Waals surface area contributed by atoms with Crippen LogP contribution in [-0.4, -0.2) is 9.97 Å². The van der Waals surface area contributed by atoms with Crippen LogP contribution in [0.1, 0.15) is 0 Å². The summed E-state index contributed by atoms with van der Waals surface area (Å²) in [6.07, 6.45) is 1.54. The molecule has 0 unspecified atom stereocenters. The molecule has 2 aromatic heterocycles. The second kappa shape index (κ2) is 6.10. The molecular weight excluding hydrogens is 372 g/mol. The fraction of sp³-hybridized carbons (Fsp3) is 0. The van der Waals surface area contributed by atoms with Crippen molar-refractivity contribution in [2.45, 2.75) is 0 Å². The number of thiophene rings is 1. The van der Waals surface area contributed by atoms with Crippen molar-refractivity contribution in [2.75, 3.05) is 0 Å². The normalized spacial score (nSPS) is 10.8. The summed E-state index contributed by atoms with van der Waals surface area (Å²) >= 11 is 5.09.